The minimum absolute atomic E-state index is 0.267. The van der Waals surface area contributed by atoms with Crippen LogP contribution < -0.4 is 5.73 Å². The van der Waals surface area contributed by atoms with Gasteiger partial charge in [-0.05, 0) is 28.9 Å². The first-order valence-corrected chi connectivity index (χ1v) is 7.96. The average molecular weight is 336 g/mol. The van der Waals surface area contributed by atoms with E-state index in [9.17, 15) is 0 Å². The van der Waals surface area contributed by atoms with Gasteiger partial charge in [-0.15, -0.1) is 21.5 Å². The Bertz CT molecular complexity index is 468. The molecule has 2 heterocycles. The van der Waals surface area contributed by atoms with E-state index >= 15 is 0 Å². The number of hydrogen-bond donors (Lipinski definition) is 1. The molecule has 0 amide bonds. The Labute approximate surface area is 115 Å². The SMILES string of the molecule is Cc1nnc(SC(CN)c2cc(Br)cs2)s1. The number of rotatable bonds is 4. The fraction of sp³-hybridized carbons (Fsp3) is 0.333. The number of thiophene rings is 1. The maximum Gasteiger partial charge on any atom is 0.174 e. The van der Waals surface area contributed by atoms with E-state index in [0.717, 1.165) is 13.8 Å². The third-order valence-electron chi connectivity index (χ3n) is 1.87. The summed E-state index contributed by atoms with van der Waals surface area (Å²) in [6.45, 7) is 2.57. The Morgan fingerprint density at radius 1 is 1.56 bits per heavy atom. The van der Waals surface area contributed by atoms with Crippen molar-refractivity contribution in [3.8, 4) is 0 Å². The molecule has 0 aliphatic heterocycles. The Morgan fingerprint density at radius 3 is 2.88 bits per heavy atom. The second-order valence-corrected chi connectivity index (χ2v) is 7.59. The number of nitrogens with zero attached hydrogens (tertiary/aromatic N) is 2. The van der Waals surface area contributed by atoms with E-state index < -0.39 is 0 Å². The van der Waals surface area contributed by atoms with Crippen molar-refractivity contribution in [2.45, 2.75) is 16.5 Å². The highest BCUT2D eigenvalue weighted by Crippen LogP contribution is 2.39. The Hall–Kier alpha value is 0.0500. The maximum absolute atomic E-state index is 5.80. The first-order valence-electron chi connectivity index (χ1n) is 4.60. The van der Waals surface area contributed by atoms with Crippen LogP contribution in [-0.2, 0) is 0 Å². The van der Waals surface area contributed by atoms with Gasteiger partial charge in [-0.3, -0.25) is 0 Å². The maximum atomic E-state index is 5.80. The molecule has 0 aliphatic carbocycles. The second-order valence-electron chi connectivity index (χ2n) is 3.10. The molecule has 0 saturated heterocycles. The van der Waals surface area contributed by atoms with Gasteiger partial charge in [0.1, 0.15) is 5.01 Å². The highest BCUT2D eigenvalue weighted by Gasteiger charge is 2.15. The van der Waals surface area contributed by atoms with Gasteiger partial charge in [-0.1, -0.05) is 23.1 Å². The van der Waals surface area contributed by atoms with E-state index in [0.29, 0.717) is 6.54 Å². The summed E-state index contributed by atoms with van der Waals surface area (Å²) in [5, 5.41) is 11.4. The zero-order valence-corrected chi connectivity index (χ0v) is 12.5. The van der Waals surface area contributed by atoms with Crippen LogP contribution in [0, 0.1) is 6.92 Å². The molecule has 1 atom stereocenters. The molecule has 0 saturated carbocycles. The molecule has 0 aliphatic rings. The highest BCUT2D eigenvalue weighted by atomic mass is 79.9. The summed E-state index contributed by atoms with van der Waals surface area (Å²) in [6, 6.07) is 2.11. The summed E-state index contributed by atoms with van der Waals surface area (Å²) in [5.41, 5.74) is 5.80. The van der Waals surface area contributed by atoms with Crippen LogP contribution in [0.3, 0.4) is 0 Å². The van der Waals surface area contributed by atoms with Crippen molar-refractivity contribution in [2.75, 3.05) is 6.54 Å². The van der Waals surface area contributed by atoms with Crippen LogP contribution in [-0.4, -0.2) is 16.7 Å². The normalized spacial score (nSPS) is 12.9. The molecule has 2 aromatic heterocycles. The van der Waals surface area contributed by atoms with E-state index in [-0.39, 0.29) is 5.25 Å². The molecule has 0 radical (unpaired) electrons. The van der Waals surface area contributed by atoms with Gasteiger partial charge < -0.3 is 5.73 Å². The van der Waals surface area contributed by atoms with Gasteiger partial charge in [-0.25, -0.2) is 0 Å². The largest absolute Gasteiger partial charge is 0.329 e. The summed E-state index contributed by atoms with van der Waals surface area (Å²) < 4.78 is 2.09. The van der Waals surface area contributed by atoms with Gasteiger partial charge in [-0.2, -0.15) is 0 Å². The molecule has 2 rings (SSSR count). The topological polar surface area (TPSA) is 51.8 Å². The van der Waals surface area contributed by atoms with Crippen LogP contribution in [0.4, 0.5) is 0 Å². The summed E-state index contributed by atoms with van der Waals surface area (Å²) in [7, 11) is 0. The summed E-state index contributed by atoms with van der Waals surface area (Å²) in [4.78, 5) is 1.27. The minimum Gasteiger partial charge on any atom is -0.329 e. The van der Waals surface area contributed by atoms with E-state index in [1.54, 1.807) is 34.4 Å². The van der Waals surface area contributed by atoms with Crippen LogP contribution in [0.15, 0.2) is 20.3 Å². The van der Waals surface area contributed by atoms with Crippen molar-refractivity contribution >= 4 is 50.4 Å². The quantitative estimate of drug-likeness (QED) is 0.869. The molecular weight excluding hydrogens is 326 g/mol. The summed E-state index contributed by atoms with van der Waals surface area (Å²) in [6.07, 6.45) is 0. The molecule has 0 bridgehead atoms. The lowest BCUT2D eigenvalue weighted by Crippen LogP contribution is -2.07. The monoisotopic (exact) mass is 335 g/mol. The molecule has 0 spiro atoms. The average Bonchev–Trinajstić information content (AvgIpc) is 2.84. The smallest absolute Gasteiger partial charge is 0.174 e. The zero-order valence-electron chi connectivity index (χ0n) is 8.51. The van der Waals surface area contributed by atoms with E-state index in [2.05, 4.69) is 37.6 Å². The van der Waals surface area contributed by atoms with Gasteiger partial charge in [0.2, 0.25) is 0 Å². The molecule has 86 valence electrons. The lowest BCUT2D eigenvalue weighted by molar-refractivity contribution is 0.942. The molecular formula is C9H10BrN3S3. The van der Waals surface area contributed by atoms with E-state index in [1.807, 2.05) is 6.92 Å². The van der Waals surface area contributed by atoms with Crippen molar-refractivity contribution in [1.82, 2.24) is 10.2 Å². The highest BCUT2D eigenvalue weighted by molar-refractivity contribution is 9.10. The number of hydrogen-bond acceptors (Lipinski definition) is 6. The predicted octanol–water partition coefficient (Wildman–Crippen LogP) is 3.46. The van der Waals surface area contributed by atoms with E-state index in [4.69, 9.17) is 5.73 Å². The molecule has 3 nitrogen and oxygen atoms in total. The van der Waals surface area contributed by atoms with Crippen LogP contribution in [0.1, 0.15) is 15.1 Å². The number of halogens is 1. The number of nitrogens with two attached hydrogens (primary N) is 1. The van der Waals surface area contributed by atoms with Gasteiger partial charge in [0, 0.05) is 21.3 Å². The van der Waals surface area contributed by atoms with Crippen LogP contribution in [0.2, 0.25) is 0 Å². The van der Waals surface area contributed by atoms with Crippen molar-refractivity contribution in [1.29, 1.82) is 0 Å². The Kier molecular flexibility index (Phi) is 4.37. The second kappa shape index (κ2) is 5.59. The summed E-state index contributed by atoms with van der Waals surface area (Å²) >= 11 is 8.47. The zero-order chi connectivity index (χ0) is 11.5. The molecule has 2 N–H and O–H groups in total. The lowest BCUT2D eigenvalue weighted by atomic mass is 10.3. The molecule has 7 heteroatoms. The lowest BCUT2D eigenvalue weighted by Gasteiger charge is -2.09. The summed E-state index contributed by atoms with van der Waals surface area (Å²) in [5.74, 6) is 0. The molecule has 2 aromatic rings. The van der Waals surface area contributed by atoms with Crippen LogP contribution in [0.25, 0.3) is 0 Å². The minimum atomic E-state index is 0.267. The van der Waals surface area contributed by atoms with Gasteiger partial charge in [0.25, 0.3) is 0 Å². The van der Waals surface area contributed by atoms with Gasteiger partial charge in [0.05, 0.1) is 5.25 Å². The third kappa shape index (κ3) is 3.04. The molecule has 1 unspecified atom stereocenters. The van der Waals surface area contributed by atoms with Crippen molar-refractivity contribution in [3.05, 3.63) is 25.8 Å². The standard InChI is InChI=1S/C9H10BrN3S3/c1-5-12-13-9(15-5)16-8(3-11)7-2-6(10)4-14-7/h2,4,8H,3,11H2,1H3. The third-order valence-corrected chi connectivity index (χ3v) is 6.01. The van der Waals surface area contributed by atoms with Gasteiger partial charge in [0.15, 0.2) is 4.34 Å². The molecule has 16 heavy (non-hydrogen) atoms. The fourth-order valence-corrected chi connectivity index (χ4v) is 4.85. The van der Waals surface area contributed by atoms with Crippen molar-refractivity contribution in [3.63, 3.8) is 0 Å². The van der Waals surface area contributed by atoms with E-state index in [1.165, 1.54) is 4.88 Å². The van der Waals surface area contributed by atoms with Crippen LogP contribution >= 0.6 is 50.4 Å². The number of aryl methyl sites for hydroxylation is 1. The van der Waals surface area contributed by atoms with Crippen LogP contribution in [0.5, 0.6) is 0 Å². The predicted molar refractivity (Wildman–Crippen MR) is 74.3 cm³/mol. The molecule has 0 aromatic carbocycles. The first kappa shape index (κ1) is 12.5. The number of aromatic nitrogens is 2. The first-order chi connectivity index (χ1) is 7.69. The number of thioether (sulfide) groups is 1. The Balaban J connectivity index is 2.12. The van der Waals surface area contributed by atoms with Crippen molar-refractivity contribution in [2.24, 2.45) is 5.73 Å². The fourth-order valence-electron chi connectivity index (χ4n) is 1.17. The Morgan fingerprint density at radius 2 is 2.38 bits per heavy atom. The van der Waals surface area contributed by atoms with Crippen molar-refractivity contribution < 1.29 is 0 Å². The van der Waals surface area contributed by atoms with Gasteiger partial charge >= 0.3 is 0 Å². The molecule has 0 fully saturated rings.